The van der Waals surface area contributed by atoms with Crippen molar-refractivity contribution in [1.29, 1.82) is 0 Å². The van der Waals surface area contributed by atoms with Crippen molar-refractivity contribution >= 4 is 11.9 Å². The van der Waals surface area contributed by atoms with Crippen molar-refractivity contribution in [3.05, 3.63) is 47.3 Å². The minimum Gasteiger partial charge on any atom is -0.403 e. The van der Waals surface area contributed by atoms with Crippen molar-refractivity contribution in [2.24, 2.45) is 0 Å². The van der Waals surface area contributed by atoms with Crippen LogP contribution in [0.25, 0.3) is 11.5 Å². The third-order valence-corrected chi connectivity index (χ3v) is 3.63. The summed E-state index contributed by atoms with van der Waals surface area (Å²) < 4.78 is 7.26. The molecule has 0 aliphatic carbocycles. The summed E-state index contributed by atoms with van der Waals surface area (Å²) in [6, 6.07) is 7.82. The SMILES string of the molecule is Cc1ccc(-c2nnc(NC(=O)c3ccn(C(C)C)n3)o2)c(C)c1. The summed E-state index contributed by atoms with van der Waals surface area (Å²) in [7, 11) is 0. The summed E-state index contributed by atoms with van der Waals surface area (Å²) >= 11 is 0. The Morgan fingerprint density at radius 3 is 2.67 bits per heavy atom. The fourth-order valence-corrected chi connectivity index (χ4v) is 2.34. The van der Waals surface area contributed by atoms with Gasteiger partial charge < -0.3 is 4.42 Å². The van der Waals surface area contributed by atoms with E-state index in [0.717, 1.165) is 16.7 Å². The first-order chi connectivity index (χ1) is 11.4. The molecule has 0 fully saturated rings. The number of aromatic nitrogens is 4. The quantitative estimate of drug-likeness (QED) is 0.794. The first-order valence-corrected chi connectivity index (χ1v) is 7.71. The average Bonchev–Trinajstić information content (AvgIpc) is 3.16. The lowest BCUT2D eigenvalue weighted by atomic mass is 10.1. The van der Waals surface area contributed by atoms with E-state index < -0.39 is 0 Å². The Kier molecular flexibility index (Phi) is 4.16. The minimum absolute atomic E-state index is 0.0501. The number of amides is 1. The maximum atomic E-state index is 12.2. The summed E-state index contributed by atoms with van der Waals surface area (Å²) in [4.78, 5) is 12.2. The normalized spacial score (nSPS) is 11.0. The van der Waals surface area contributed by atoms with Crippen molar-refractivity contribution < 1.29 is 9.21 Å². The van der Waals surface area contributed by atoms with Crippen LogP contribution in [0.15, 0.2) is 34.9 Å². The van der Waals surface area contributed by atoms with E-state index in [0.29, 0.717) is 11.6 Å². The van der Waals surface area contributed by atoms with Gasteiger partial charge in [0.15, 0.2) is 5.69 Å². The molecule has 24 heavy (non-hydrogen) atoms. The summed E-state index contributed by atoms with van der Waals surface area (Å²) in [5, 5.41) is 14.7. The second-order valence-corrected chi connectivity index (χ2v) is 5.96. The summed E-state index contributed by atoms with van der Waals surface area (Å²) in [5.74, 6) is -0.0132. The van der Waals surface area contributed by atoms with Gasteiger partial charge in [0.05, 0.1) is 0 Å². The molecule has 0 radical (unpaired) electrons. The van der Waals surface area contributed by atoms with Crippen LogP contribution in [0.4, 0.5) is 6.01 Å². The maximum absolute atomic E-state index is 12.2. The Hall–Kier alpha value is -2.96. The molecule has 2 heterocycles. The summed E-state index contributed by atoms with van der Waals surface area (Å²) in [6.07, 6.45) is 1.76. The first-order valence-electron chi connectivity index (χ1n) is 7.71. The van der Waals surface area contributed by atoms with E-state index >= 15 is 0 Å². The smallest absolute Gasteiger partial charge is 0.322 e. The van der Waals surface area contributed by atoms with Gasteiger partial charge in [0.1, 0.15) is 0 Å². The van der Waals surface area contributed by atoms with E-state index in [4.69, 9.17) is 4.42 Å². The fraction of sp³-hybridized carbons (Fsp3) is 0.294. The van der Waals surface area contributed by atoms with E-state index in [-0.39, 0.29) is 18.0 Å². The molecule has 1 aromatic carbocycles. The van der Waals surface area contributed by atoms with Gasteiger partial charge in [-0.15, -0.1) is 5.10 Å². The zero-order chi connectivity index (χ0) is 17.3. The monoisotopic (exact) mass is 325 g/mol. The summed E-state index contributed by atoms with van der Waals surface area (Å²) in [6.45, 7) is 7.97. The average molecular weight is 325 g/mol. The maximum Gasteiger partial charge on any atom is 0.322 e. The number of aryl methyl sites for hydroxylation is 2. The highest BCUT2D eigenvalue weighted by Gasteiger charge is 2.16. The van der Waals surface area contributed by atoms with Gasteiger partial charge in [0.25, 0.3) is 5.91 Å². The molecule has 0 atom stereocenters. The second-order valence-electron chi connectivity index (χ2n) is 5.96. The molecule has 7 nitrogen and oxygen atoms in total. The lowest BCUT2D eigenvalue weighted by Crippen LogP contribution is -2.14. The van der Waals surface area contributed by atoms with Crippen LogP contribution in [0.1, 0.15) is 41.5 Å². The number of hydrogen-bond donors (Lipinski definition) is 1. The van der Waals surface area contributed by atoms with E-state index in [9.17, 15) is 4.79 Å². The van der Waals surface area contributed by atoms with E-state index in [1.54, 1.807) is 16.9 Å². The third kappa shape index (κ3) is 3.19. The van der Waals surface area contributed by atoms with Gasteiger partial charge >= 0.3 is 6.01 Å². The molecular weight excluding hydrogens is 306 g/mol. The van der Waals surface area contributed by atoms with Crippen LogP contribution in [0.3, 0.4) is 0 Å². The van der Waals surface area contributed by atoms with Gasteiger partial charge in [-0.25, -0.2) is 0 Å². The zero-order valence-electron chi connectivity index (χ0n) is 14.1. The van der Waals surface area contributed by atoms with Gasteiger partial charge in [-0.1, -0.05) is 22.8 Å². The Balaban J connectivity index is 1.77. The lowest BCUT2D eigenvalue weighted by molar-refractivity contribution is 0.101. The number of carbonyl (C=O) groups excluding carboxylic acids is 1. The molecule has 1 amide bonds. The van der Waals surface area contributed by atoms with Gasteiger partial charge in [-0.3, -0.25) is 14.8 Å². The van der Waals surface area contributed by atoms with E-state index in [1.807, 2.05) is 45.9 Å². The molecule has 0 aliphatic heterocycles. The van der Waals surface area contributed by atoms with Crippen molar-refractivity contribution in [2.75, 3.05) is 5.32 Å². The molecule has 2 aromatic heterocycles. The standard InChI is InChI=1S/C17H19N5O2/c1-10(2)22-8-7-14(21-22)15(23)18-17-20-19-16(24-17)13-6-5-11(3)9-12(13)4/h5-10H,1-4H3,(H,18,20,23). The Morgan fingerprint density at radius 2 is 2.00 bits per heavy atom. The van der Waals surface area contributed by atoms with Crippen LogP contribution in [0.2, 0.25) is 0 Å². The van der Waals surface area contributed by atoms with Crippen molar-refractivity contribution in [2.45, 2.75) is 33.7 Å². The van der Waals surface area contributed by atoms with Crippen LogP contribution in [0, 0.1) is 13.8 Å². The van der Waals surface area contributed by atoms with E-state index in [2.05, 4.69) is 20.6 Å². The summed E-state index contributed by atoms with van der Waals surface area (Å²) in [5.41, 5.74) is 3.34. The number of nitrogens with one attached hydrogen (secondary N) is 1. The lowest BCUT2D eigenvalue weighted by Gasteiger charge is -2.03. The molecule has 0 saturated carbocycles. The van der Waals surface area contributed by atoms with Gasteiger partial charge in [-0.05, 0) is 45.4 Å². The number of anilines is 1. The largest absolute Gasteiger partial charge is 0.403 e. The molecule has 0 unspecified atom stereocenters. The molecule has 0 bridgehead atoms. The highest BCUT2D eigenvalue weighted by atomic mass is 16.4. The predicted octanol–water partition coefficient (Wildman–Crippen LogP) is 3.38. The first kappa shape index (κ1) is 15.9. The number of hydrogen-bond acceptors (Lipinski definition) is 5. The Morgan fingerprint density at radius 1 is 1.21 bits per heavy atom. The molecule has 1 N–H and O–H groups in total. The predicted molar refractivity (Wildman–Crippen MR) is 89.8 cm³/mol. The molecule has 0 aliphatic rings. The van der Waals surface area contributed by atoms with E-state index in [1.165, 1.54) is 0 Å². The number of carbonyl (C=O) groups is 1. The molecular formula is C17H19N5O2. The Labute approximate surface area is 139 Å². The van der Waals surface area contributed by atoms with Crippen molar-refractivity contribution in [3.8, 4) is 11.5 Å². The highest BCUT2D eigenvalue weighted by molar-refractivity contribution is 6.01. The van der Waals surface area contributed by atoms with Crippen LogP contribution in [-0.2, 0) is 0 Å². The third-order valence-electron chi connectivity index (χ3n) is 3.63. The van der Waals surface area contributed by atoms with Gasteiger partial charge in [0.2, 0.25) is 5.89 Å². The molecule has 3 rings (SSSR count). The van der Waals surface area contributed by atoms with Crippen LogP contribution < -0.4 is 5.32 Å². The molecule has 3 aromatic rings. The van der Waals surface area contributed by atoms with Crippen LogP contribution >= 0.6 is 0 Å². The molecule has 7 heteroatoms. The van der Waals surface area contributed by atoms with Gasteiger partial charge in [0, 0.05) is 17.8 Å². The fourth-order valence-electron chi connectivity index (χ4n) is 2.34. The van der Waals surface area contributed by atoms with Gasteiger partial charge in [-0.2, -0.15) is 5.10 Å². The second kappa shape index (κ2) is 6.27. The molecule has 124 valence electrons. The molecule has 0 spiro atoms. The number of nitrogens with zero attached hydrogens (tertiary/aromatic N) is 4. The number of benzene rings is 1. The Bertz CT molecular complexity index is 879. The van der Waals surface area contributed by atoms with Crippen LogP contribution in [-0.4, -0.2) is 25.9 Å². The zero-order valence-corrected chi connectivity index (χ0v) is 14.1. The number of rotatable bonds is 4. The molecule has 0 saturated heterocycles. The topological polar surface area (TPSA) is 85.8 Å². The van der Waals surface area contributed by atoms with Crippen molar-refractivity contribution in [1.82, 2.24) is 20.0 Å². The van der Waals surface area contributed by atoms with Crippen LogP contribution in [0.5, 0.6) is 0 Å². The highest BCUT2D eigenvalue weighted by Crippen LogP contribution is 2.24. The van der Waals surface area contributed by atoms with Crippen molar-refractivity contribution in [3.63, 3.8) is 0 Å². The minimum atomic E-state index is -0.384.